The van der Waals surface area contributed by atoms with Crippen LogP contribution in [0.25, 0.3) is 5.57 Å². The summed E-state index contributed by atoms with van der Waals surface area (Å²) in [7, 11) is -3.84. The molecule has 1 aromatic rings. The van der Waals surface area contributed by atoms with Crippen LogP contribution < -0.4 is 10.0 Å². The van der Waals surface area contributed by atoms with Crippen molar-refractivity contribution in [1.82, 2.24) is 10.0 Å². The highest BCUT2D eigenvalue weighted by molar-refractivity contribution is 7.89. The van der Waals surface area contributed by atoms with Gasteiger partial charge in [-0.1, -0.05) is 42.5 Å². The van der Waals surface area contributed by atoms with Crippen LogP contribution in [0.2, 0.25) is 0 Å². The van der Waals surface area contributed by atoms with E-state index < -0.39 is 40.2 Å². The van der Waals surface area contributed by atoms with Crippen LogP contribution in [0.1, 0.15) is 25.3 Å². The van der Waals surface area contributed by atoms with E-state index in [1.54, 1.807) is 12.2 Å². The zero-order chi connectivity index (χ0) is 19.7. The van der Waals surface area contributed by atoms with Crippen LogP contribution in [0.4, 0.5) is 13.2 Å². The van der Waals surface area contributed by atoms with Gasteiger partial charge in [0.2, 0.25) is 10.0 Å². The smallest absolute Gasteiger partial charge is 0.277 e. The van der Waals surface area contributed by atoms with Crippen molar-refractivity contribution >= 4 is 15.6 Å². The van der Waals surface area contributed by atoms with Crippen molar-refractivity contribution in [2.75, 3.05) is 12.3 Å². The normalized spacial score (nSPS) is 30.3. The number of sulfonamides is 1. The summed E-state index contributed by atoms with van der Waals surface area (Å²) in [5.41, 5.74) is -0.193. The number of nitrogens with one attached hydrogen (secondary N) is 2. The summed E-state index contributed by atoms with van der Waals surface area (Å²) in [5, 5.41) is 2.60. The van der Waals surface area contributed by atoms with Crippen molar-refractivity contribution in [2.45, 2.75) is 43.4 Å². The Labute approximate surface area is 157 Å². The number of alkyl halides is 3. The van der Waals surface area contributed by atoms with Crippen molar-refractivity contribution in [3.63, 3.8) is 0 Å². The molecule has 1 saturated heterocycles. The summed E-state index contributed by atoms with van der Waals surface area (Å²) < 4.78 is 69.6. The van der Waals surface area contributed by atoms with E-state index in [0.29, 0.717) is 0 Å². The molecule has 4 nitrogen and oxygen atoms in total. The Morgan fingerprint density at radius 3 is 2.59 bits per heavy atom. The highest BCUT2D eigenvalue weighted by Crippen LogP contribution is 2.39. The van der Waals surface area contributed by atoms with Crippen molar-refractivity contribution in [3.8, 4) is 0 Å². The Bertz CT molecular complexity index is 840. The van der Waals surface area contributed by atoms with E-state index in [4.69, 9.17) is 0 Å². The second-order valence-electron chi connectivity index (χ2n) is 7.08. The summed E-state index contributed by atoms with van der Waals surface area (Å²) >= 11 is 0. The molecule has 1 unspecified atom stereocenters. The first-order valence-corrected chi connectivity index (χ1v) is 10.5. The van der Waals surface area contributed by atoms with Crippen LogP contribution in [-0.2, 0) is 10.0 Å². The number of halogens is 3. The number of allylic oxidation sites excluding steroid dienone is 4. The van der Waals surface area contributed by atoms with Gasteiger partial charge in [-0.3, -0.25) is 0 Å². The number of benzene rings is 1. The molecule has 1 aliphatic heterocycles. The predicted molar refractivity (Wildman–Crippen MR) is 99.8 cm³/mol. The van der Waals surface area contributed by atoms with Crippen molar-refractivity contribution in [2.24, 2.45) is 0 Å². The van der Waals surface area contributed by atoms with E-state index in [-0.39, 0.29) is 18.6 Å². The lowest BCUT2D eigenvalue weighted by Crippen LogP contribution is -2.52. The predicted octanol–water partition coefficient (Wildman–Crippen LogP) is 3.04. The van der Waals surface area contributed by atoms with Crippen LogP contribution in [0.3, 0.4) is 0 Å². The molecule has 3 atom stereocenters. The molecule has 2 aliphatic rings. The van der Waals surface area contributed by atoms with E-state index in [9.17, 15) is 17.2 Å². The topological polar surface area (TPSA) is 58.2 Å². The molecule has 0 saturated carbocycles. The molecule has 1 aromatic carbocycles. The lowest BCUT2D eigenvalue weighted by Gasteiger charge is -2.32. The van der Waals surface area contributed by atoms with Gasteiger partial charge in [0.15, 0.2) is 0 Å². The molecule has 0 radical (unpaired) electrons. The van der Waals surface area contributed by atoms with Gasteiger partial charge in [-0.25, -0.2) is 26.3 Å². The van der Waals surface area contributed by atoms with E-state index in [0.717, 1.165) is 11.1 Å². The summed E-state index contributed by atoms with van der Waals surface area (Å²) in [6.07, 6.45) is 4.55. The van der Waals surface area contributed by atoms with Crippen molar-refractivity contribution in [1.29, 1.82) is 0 Å². The molecule has 2 N–H and O–H groups in total. The van der Waals surface area contributed by atoms with E-state index in [1.165, 1.54) is 13.0 Å². The molecule has 8 heteroatoms. The zero-order valence-electron chi connectivity index (χ0n) is 15.0. The second-order valence-corrected chi connectivity index (χ2v) is 9.12. The Hall–Kier alpha value is -1.64. The fourth-order valence-electron chi connectivity index (χ4n) is 3.55. The number of hydrogen-bond donors (Lipinski definition) is 2. The molecular formula is C19H23F3N2O2S. The molecule has 0 bridgehead atoms. The fraction of sp³-hybridized carbons (Fsp3) is 0.474. The average molecular weight is 400 g/mol. The lowest BCUT2D eigenvalue weighted by atomic mass is 9.82. The molecular weight excluding hydrogens is 377 g/mol. The Kier molecular flexibility index (Phi) is 5.52. The van der Waals surface area contributed by atoms with Gasteiger partial charge >= 0.3 is 0 Å². The summed E-state index contributed by atoms with van der Waals surface area (Å²) in [6.45, 7) is 0.686. The van der Waals surface area contributed by atoms with E-state index >= 15 is 4.39 Å². The van der Waals surface area contributed by atoms with Gasteiger partial charge in [0.1, 0.15) is 11.7 Å². The third kappa shape index (κ3) is 4.62. The molecule has 3 rings (SSSR count). The minimum absolute atomic E-state index is 0.0461. The van der Waals surface area contributed by atoms with Gasteiger partial charge in [0.25, 0.3) is 5.92 Å². The third-order valence-corrected chi connectivity index (χ3v) is 6.40. The summed E-state index contributed by atoms with van der Waals surface area (Å²) in [4.78, 5) is 0. The van der Waals surface area contributed by atoms with Crippen LogP contribution in [0, 0.1) is 0 Å². The number of hydrogen-bond acceptors (Lipinski definition) is 3. The lowest BCUT2D eigenvalue weighted by molar-refractivity contribution is -0.00302. The van der Waals surface area contributed by atoms with Crippen LogP contribution in [0.5, 0.6) is 0 Å². The first kappa shape index (κ1) is 20.1. The molecule has 1 fully saturated rings. The Morgan fingerprint density at radius 1 is 1.22 bits per heavy atom. The van der Waals surface area contributed by atoms with Crippen molar-refractivity contribution < 1.29 is 21.6 Å². The maximum atomic E-state index is 15.5. The largest absolute Gasteiger partial charge is 0.306 e. The molecule has 0 amide bonds. The van der Waals surface area contributed by atoms with Gasteiger partial charge in [-0.2, -0.15) is 0 Å². The van der Waals surface area contributed by atoms with Gasteiger partial charge in [-0.15, -0.1) is 0 Å². The summed E-state index contributed by atoms with van der Waals surface area (Å²) in [6, 6.07) is 6.62. The van der Waals surface area contributed by atoms with Crippen LogP contribution >= 0.6 is 0 Å². The molecule has 0 spiro atoms. The summed E-state index contributed by atoms with van der Waals surface area (Å²) in [5.74, 6) is -3.59. The zero-order valence-corrected chi connectivity index (χ0v) is 15.8. The van der Waals surface area contributed by atoms with Crippen molar-refractivity contribution in [3.05, 3.63) is 54.1 Å². The maximum absolute atomic E-state index is 15.5. The molecule has 148 valence electrons. The number of rotatable bonds is 6. The maximum Gasteiger partial charge on any atom is 0.277 e. The first-order valence-electron chi connectivity index (χ1n) is 8.88. The highest BCUT2D eigenvalue weighted by Gasteiger charge is 2.53. The monoisotopic (exact) mass is 400 g/mol. The minimum atomic E-state index is -3.84. The molecule has 1 heterocycles. The SMILES string of the molecule is CCS(=O)(=O)N[C@@H]1[C@H](CC2(F)C=CC=C(c3ccccc3)C2)NCC1(F)F. The van der Waals surface area contributed by atoms with E-state index in [2.05, 4.69) is 5.32 Å². The van der Waals surface area contributed by atoms with Gasteiger partial charge < -0.3 is 5.32 Å². The Morgan fingerprint density at radius 2 is 1.93 bits per heavy atom. The molecule has 0 aromatic heterocycles. The fourth-order valence-corrected chi connectivity index (χ4v) is 4.44. The molecule has 27 heavy (non-hydrogen) atoms. The van der Waals surface area contributed by atoms with Gasteiger partial charge in [-0.05, 0) is 24.1 Å². The second kappa shape index (κ2) is 7.41. The van der Waals surface area contributed by atoms with Crippen LogP contribution in [0.15, 0.2) is 48.6 Å². The van der Waals surface area contributed by atoms with Gasteiger partial charge in [0.05, 0.1) is 12.3 Å². The third-order valence-electron chi connectivity index (χ3n) is 5.02. The van der Waals surface area contributed by atoms with Crippen LogP contribution in [-0.4, -0.2) is 44.4 Å². The van der Waals surface area contributed by atoms with E-state index in [1.807, 2.05) is 35.1 Å². The highest BCUT2D eigenvalue weighted by atomic mass is 32.2. The first-order chi connectivity index (χ1) is 12.6. The van der Waals surface area contributed by atoms with Gasteiger partial charge in [0, 0.05) is 18.9 Å². The average Bonchev–Trinajstić information content (AvgIpc) is 2.89. The Balaban J connectivity index is 1.77. The quantitative estimate of drug-likeness (QED) is 0.772. The minimum Gasteiger partial charge on any atom is -0.306 e. The standard InChI is InChI=1S/C19H23F3N2O2S/c1-2-27(25,26)24-17-16(23-13-19(17,21)22)12-18(20)10-6-9-15(11-18)14-7-4-3-5-8-14/h3-10,16-17,23-24H,2,11-13H2,1H3/t16-,17+,18?/m0/s1. The molecule has 1 aliphatic carbocycles.